The smallest absolute Gasteiger partial charge is 0.242 e. The maximum Gasteiger partial charge on any atom is 0.242 e. The Morgan fingerprint density at radius 2 is 1.73 bits per heavy atom. The highest BCUT2D eigenvalue weighted by Gasteiger charge is 2.21. The van der Waals surface area contributed by atoms with Gasteiger partial charge in [-0.25, -0.2) is 13.4 Å². The molecular weight excluding hydrogens is 420 g/mol. The third-order valence-corrected chi connectivity index (χ3v) is 7.65. The number of anilines is 1. The zero-order chi connectivity index (χ0) is 21.7. The van der Waals surface area contributed by atoms with E-state index in [1.165, 1.54) is 27.0 Å². The lowest BCUT2D eigenvalue weighted by molar-refractivity contribution is 0.414. The van der Waals surface area contributed by atoms with Crippen molar-refractivity contribution in [3.63, 3.8) is 0 Å². The van der Waals surface area contributed by atoms with E-state index in [9.17, 15) is 8.42 Å². The Morgan fingerprint density at radius 1 is 1.03 bits per heavy atom. The number of hydrogen-bond acceptors (Lipinski definition) is 7. The highest BCUT2D eigenvalue weighted by Crippen LogP contribution is 2.21. The summed E-state index contributed by atoms with van der Waals surface area (Å²) in [5.41, 5.74) is 2.42. The molecule has 0 radical (unpaired) electrons. The Hall–Kier alpha value is -2.49. The van der Waals surface area contributed by atoms with E-state index in [1.54, 1.807) is 38.4 Å². The molecule has 3 rings (SSSR count). The number of hydrogen-bond donors (Lipinski definition) is 0. The summed E-state index contributed by atoms with van der Waals surface area (Å²) >= 11 is 1.33. The van der Waals surface area contributed by atoms with Crippen molar-refractivity contribution in [1.29, 1.82) is 0 Å². The van der Waals surface area contributed by atoms with E-state index in [0.29, 0.717) is 25.3 Å². The summed E-state index contributed by atoms with van der Waals surface area (Å²) in [5.74, 6) is 1.39. The van der Waals surface area contributed by atoms with Gasteiger partial charge in [0.05, 0.1) is 12.0 Å². The van der Waals surface area contributed by atoms with Crippen LogP contribution in [-0.4, -0.2) is 56.4 Å². The van der Waals surface area contributed by atoms with E-state index in [1.807, 2.05) is 24.1 Å². The summed E-state index contributed by atoms with van der Waals surface area (Å²) < 4.78 is 36.4. The third-order valence-electron chi connectivity index (χ3n) is 4.91. The number of benzene rings is 2. The van der Waals surface area contributed by atoms with E-state index >= 15 is 0 Å². The molecule has 7 nitrogen and oxygen atoms in total. The van der Waals surface area contributed by atoms with Crippen LogP contribution in [-0.2, 0) is 16.4 Å². The van der Waals surface area contributed by atoms with E-state index in [-0.39, 0.29) is 4.90 Å². The first kappa shape index (κ1) is 22.2. The molecular formula is C21H26N4O3S2. The van der Waals surface area contributed by atoms with Crippen LogP contribution in [0.5, 0.6) is 5.75 Å². The number of nitrogens with zero attached hydrogens (tertiary/aromatic N) is 4. The van der Waals surface area contributed by atoms with Crippen LogP contribution in [0.3, 0.4) is 0 Å². The van der Waals surface area contributed by atoms with Gasteiger partial charge in [0.2, 0.25) is 15.2 Å². The standard InChI is InChI=1S/C21H26N4O3S2/c1-16-7-5-6-8-17(16)15-20-22-21(29-23-20)24(2)13-14-25(3)30(26,27)19-11-9-18(28-4)10-12-19/h5-12H,13-15H2,1-4H3. The maximum atomic E-state index is 12.8. The Morgan fingerprint density at radius 3 is 2.40 bits per heavy atom. The molecule has 0 aliphatic carbocycles. The van der Waals surface area contributed by atoms with Gasteiger partial charge in [-0.05, 0) is 42.3 Å². The monoisotopic (exact) mass is 446 g/mol. The topological polar surface area (TPSA) is 75.6 Å². The Bertz CT molecular complexity index is 1080. The van der Waals surface area contributed by atoms with Gasteiger partial charge in [0.15, 0.2) is 0 Å². The molecule has 0 unspecified atom stereocenters. The molecule has 0 atom stereocenters. The molecule has 0 fully saturated rings. The van der Waals surface area contributed by atoms with Crippen molar-refractivity contribution in [1.82, 2.24) is 13.7 Å². The van der Waals surface area contributed by atoms with Gasteiger partial charge in [0.25, 0.3) is 0 Å². The van der Waals surface area contributed by atoms with Gasteiger partial charge in [-0.1, -0.05) is 24.3 Å². The summed E-state index contributed by atoms with van der Waals surface area (Å²) in [4.78, 5) is 6.79. The van der Waals surface area contributed by atoms with Gasteiger partial charge >= 0.3 is 0 Å². The highest BCUT2D eigenvalue weighted by atomic mass is 32.2. The lowest BCUT2D eigenvalue weighted by Gasteiger charge is -2.21. The van der Waals surface area contributed by atoms with Crippen molar-refractivity contribution in [3.05, 3.63) is 65.5 Å². The molecule has 0 bridgehead atoms. The number of aryl methyl sites for hydroxylation is 1. The number of sulfonamides is 1. The number of aromatic nitrogens is 2. The second-order valence-electron chi connectivity index (χ2n) is 7.02. The lowest BCUT2D eigenvalue weighted by Crippen LogP contribution is -2.34. The fraction of sp³-hybridized carbons (Fsp3) is 0.333. The summed E-state index contributed by atoms with van der Waals surface area (Å²) in [6.07, 6.45) is 0.683. The van der Waals surface area contributed by atoms with Crippen LogP contribution in [0.15, 0.2) is 53.4 Å². The molecule has 1 aromatic heterocycles. The highest BCUT2D eigenvalue weighted by molar-refractivity contribution is 7.89. The van der Waals surface area contributed by atoms with E-state index < -0.39 is 10.0 Å². The van der Waals surface area contributed by atoms with Gasteiger partial charge < -0.3 is 9.64 Å². The molecule has 0 amide bonds. The molecule has 9 heteroatoms. The summed E-state index contributed by atoms with van der Waals surface area (Å²) in [5, 5.41) is 0.772. The normalized spacial score (nSPS) is 11.6. The third kappa shape index (κ3) is 5.16. The van der Waals surface area contributed by atoms with Gasteiger partial charge in [-0.2, -0.15) is 8.68 Å². The van der Waals surface area contributed by atoms with Crippen LogP contribution in [0.2, 0.25) is 0 Å². The van der Waals surface area contributed by atoms with Gasteiger partial charge in [0.1, 0.15) is 11.6 Å². The predicted octanol–water partition coefficient (Wildman–Crippen LogP) is 3.20. The minimum Gasteiger partial charge on any atom is -0.497 e. The molecule has 0 N–H and O–H groups in total. The molecule has 0 spiro atoms. The number of methoxy groups -OCH3 is 1. The SMILES string of the molecule is COc1ccc(S(=O)(=O)N(C)CCN(C)c2nc(Cc3ccccc3C)ns2)cc1. The van der Waals surface area contributed by atoms with Crippen molar-refractivity contribution < 1.29 is 13.2 Å². The van der Waals surface area contributed by atoms with Crippen molar-refractivity contribution in [2.24, 2.45) is 0 Å². The number of likely N-dealkylation sites (N-methyl/N-ethyl adjacent to an activating group) is 2. The average Bonchev–Trinajstić information content (AvgIpc) is 3.22. The lowest BCUT2D eigenvalue weighted by atomic mass is 10.1. The average molecular weight is 447 g/mol. The van der Waals surface area contributed by atoms with Crippen molar-refractivity contribution in [2.75, 3.05) is 39.2 Å². The molecule has 0 saturated heterocycles. The van der Waals surface area contributed by atoms with Crippen LogP contribution in [0.1, 0.15) is 17.0 Å². The fourth-order valence-electron chi connectivity index (χ4n) is 2.88. The largest absolute Gasteiger partial charge is 0.497 e. The number of ether oxygens (including phenoxy) is 1. The predicted molar refractivity (Wildman–Crippen MR) is 120 cm³/mol. The molecule has 160 valence electrons. The Labute approximate surface area is 182 Å². The fourth-order valence-corrected chi connectivity index (χ4v) is 4.72. The quantitative estimate of drug-likeness (QED) is 0.502. The van der Waals surface area contributed by atoms with Gasteiger partial charge in [-0.15, -0.1) is 0 Å². The Kier molecular flexibility index (Phi) is 7.06. The van der Waals surface area contributed by atoms with E-state index in [4.69, 9.17) is 4.74 Å². The number of rotatable bonds is 9. The second kappa shape index (κ2) is 9.55. The van der Waals surface area contributed by atoms with Crippen LogP contribution < -0.4 is 9.64 Å². The molecule has 3 aromatic rings. The second-order valence-corrected chi connectivity index (χ2v) is 9.80. The van der Waals surface area contributed by atoms with Gasteiger partial charge in [0, 0.05) is 45.1 Å². The van der Waals surface area contributed by atoms with E-state index in [2.05, 4.69) is 28.4 Å². The first-order chi connectivity index (χ1) is 14.3. The minimum absolute atomic E-state index is 0.241. The summed E-state index contributed by atoms with van der Waals surface area (Å²) in [6, 6.07) is 14.6. The molecule has 1 heterocycles. The molecule has 2 aromatic carbocycles. The summed E-state index contributed by atoms with van der Waals surface area (Å²) in [6.45, 7) is 2.91. The van der Waals surface area contributed by atoms with Crippen molar-refractivity contribution >= 4 is 26.7 Å². The molecule has 0 saturated carbocycles. The molecule has 30 heavy (non-hydrogen) atoms. The van der Waals surface area contributed by atoms with Gasteiger partial charge in [-0.3, -0.25) is 0 Å². The van der Waals surface area contributed by atoms with Crippen molar-refractivity contribution in [2.45, 2.75) is 18.2 Å². The van der Waals surface area contributed by atoms with Crippen LogP contribution in [0.25, 0.3) is 0 Å². The first-order valence-electron chi connectivity index (χ1n) is 9.50. The zero-order valence-electron chi connectivity index (χ0n) is 17.6. The maximum absolute atomic E-state index is 12.8. The van der Waals surface area contributed by atoms with E-state index in [0.717, 1.165) is 11.0 Å². The molecule has 0 aliphatic heterocycles. The zero-order valence-corrected chi connectivity index (χ0v) is 19.2. The van der Waals surface area contributed by atoms with Crippen LogP contribution in [0.4, 0.5) is 5.13 Å². The molecule has 0 aliphatic rings. The summed E-state index contributed by atoms with van der Waals surface area (Å²) in [7, 11) is 1.46. The minimum atomic E-state index is -3.56. The van der Waals surface area contributed by atoms with Crippen molar-refractivity contribution in [3.8, 4) is 5.75 Å². The first-order valence-corrected chi connectivity index (χ1v) is 11.7. The van der Waals surface area contributed by atoms with Crippen LogP contribution in [0, 0.1) is 6.92 Å². The Balaban J connectivity index is 1.60. The van der Waals surface area contributed by atoms with Crippen LogP contribution >= 0.6 is 11.5 Å².